The summed E-state index contributed by atoms with van der Waals surface area (Å²) in [4.78, 5) is 28.4. The molecule has 5 nitrogen and oxygen atoms in total. The molecular weight excluding hydrogens is 198 g/mol. The number of ketones is 1. The molecule has 0 aromatic rings. The number of rotatable bonds is 1. The summed E-state index contributed by atoms with van der Waals surface area (Å²) in [6.07, 6.45) is -0.131. The Bertz CT molecular complexity index is 317. The molecule has 0 spiro atoms. The highest BCUT2D eigenvalue weighted by Crippen LogP contribution is 2.37. The minimum Gasteiger partial charge on any atom is -0.462 e. The summed E-state index contributed by atoms with van der Waals surface area (Å²) in [5.74, 6) is -0.352. The van der Waals surface area contributed by atoms with Crippen LogP contribution in [0.4, 0.5) is 0 Å². The first kappa shape index (κ1) is 10.6. The van der Waals surface area contributed by atoms with E-state index in [4.69, 9.17) is 9.57 Å². The predicted octanol–water partition coefficient (Wildman–Crippen LogP) is 0.285. The predicted molar refractivity (Wildman–Crippen MR) is 50.8 cm³/mol. The van der Waals surface area contributed by atoms with Crippen molar-refractivity contribution in [2.75, 3.05) is 6.61 Å². The van der Waals surface area contributed by atoms with Gasteiger partial charge in [-0.15, -0.1) is 0 Å². The lowest BCUT2D eigenvalue weighted by atomic mass is 9.92. The van der Waals surface area contributed by atoms with Gasteiger partial charge in [-0.2, -0.15) is 5.06 Å². The average Bonchev–Trinajstić information content (AvgIpc) is 2.53. The lowest BCUT2D eigenvalue weighted by Crippen LogP contribution is -2.57. The summed E-state index contributed by atoms with van der Waals surface area (Å²) >= 11 is 0. The van der Waals surface area contributed by atoms with Crippen LogP contribution in [-0.4, -0.2) is 41.1 Å². The topological polar surface area (TPSA) is 55.8 Å². The number of hydrogen-bond donors (Lipinski definition) is 0. The zero-order valence-corrected chi connectivity index (χ0v) is 9.15. The largest absolute Gasteiger partial charge is 0.462 e. The van der Waals surface area contributed by atoms with E-state index in [2.05, 4.69) is 0 Å². The van der Waals surface area contributed by atoms with E-state index in [0.29, 0.717) is 13.0 Å². The molecule has 84 valence electrons. The zero-order valence-electron chi connectivity index (χ0n) is 9.15. The number of hydrogen-bond acceptors (Lipinski definition) is 5. The first-order chi connectivity index (χ1) is 6.95. The number of morpholine rings is 1. The maximum Gasteiger partial charge on any atom is 0.328 e. The van der Waals surface area contributed by atoms with Crippen molar-refractivity contribution in [3.05, 3.63) is 0 Å². The SMILES string of the molecule is CC(=O)[C@@H]1C[C@@]2(C)C(=O)OC[C@H](C)N2O1. The van der Waals surface area contributed by atoms with E-state index in [9.17, 15) is 9.59 Å². The van der Waals surface area contributed by atoms with Crippen molar-refractivity contribution >= 4 is 11.8 Å². The second-order valence-corrected chi connectivity index (χ2v) is 4.46. The van der Waals surface area contributed by atoms with E-state index in [1.165, 1.54) is 6.92 Å². The van der Waals surface area contributed by atoms with E-state index in [0.717, 1.165) is 0 Å². The normalized spacial score (nSPS) is 41.1. The van der Waals surface area contributed by atoms with E-state index in [-0.39, 0.29) is 17.8 Å². The smallest absolute Gasteiger partial charge is 0.328 e. The van der Waals surface area contributed by atoms with Crippen molar-refractivity contribution < 1.29 is 19.2 Å². The molecule has 2 aliphatic heterocycles. The summed E-state index contributed by atoms with van der Waals surface area (Å²) < 4.78 is 5.06. The van der Waals surface area contributed by atoms with Gasteiger partial charge in [0.2, 0.25) is 0 Å². The Hall–Kier alpha value is -0.940. The molecule has 0 amide bonds. The Morgan fingerprint density at radius 3 is 2.80 bits per heavy atom. The summed E-state index contributed by atoms with van der Waals surface area (Å²) in [5, 5.41) is 1.62. The van der Waals surface area contributed by atoms with Crippen molar-refractivity contribution in [3.8, 4) is 0 Å². The second-order valence-electron chi connectivity index (χ2n) is 4.46. The van der Waals surface area contributed by atoms with Crippen molar-refractivity contribution in [2.45, 2.75) is 44.9 Å². The number of fused-ring (bicyclic) bond motifs is 1. The summed E-state index contributed by atoms with van der Waals surface area (Å²) in [7, 11) is 0. The minimum absolute atomic E-state index is 0.00273. The third-order valence-corrected chi connectivity index (χ3v) is 3.06. The Morgan fingerprint density at radius 1 is 1.60 bits per heavy atom. The van der Waals surface area contributed by atoms with Gasteiger partial charge in [-0.1, -0.05) is 0 Å². The van der Waals surface area contributed by atoms with E-state index < -0.39 is 11.6 Å². The fourth-order valence-electron chi connectivity index (χ4n) is 2.14. The molecule has 0 aromatic heterocycles. The van der Waals surface area contributed by atoms with E-state index in [1.807, 2.05) is 6.92 Å². The third kappa shape index (κ3) is 1.46. The number of nitrogens with zero attached hydrogens (tertiary/aromatic N) is 1. The molecule has 15 heavy (non-hydrogen) atoms. The monoisotopic (exact) mass is 213 g/mol. The number of Topliss-reactive ketones (excluding diaryl/α,β-unsaturated/α-hetero) is 1. The van der Waals surface area contributed by atoms with Crippen molar-refractivity contribution in [3.63, 3.8) is 0 Å². The van der Waals surface area contributed by atoms with Gasteiger partial charge in [0.15, 0.2) is 5.78 Å². The molecule has 0 radical (unpaired) electrons. The minimum atomic E-state index is -0.798. The van der Waals surface area contributed by atoms with Crippen LogP contribution in [0.2, 0.25) is 0 Å². The molecule has 3 atom stereocenters. The molecule has 2 saturated heterocycles. The van der Waals surface area contributed by atoms with Crippen LogP contribution in [-0.2, 0) is 19.2 Å². The van der Waals surface area contributed by atoms with E-state index >= 15 is 0 Å². The molecule has 0 aromatic carbocycles. The quantitative estimate of drug-likeness (QED) is 0.586. The van der Waals surface area contributed by atoms with Crippen LogP contribution in [0, 0.1) is 0 Å². The summed E-state index contributed by atoms with van der Waals surface area (Å²) in [5.41, 5.74) is -0.798. The molecule has 2 fully saturated rings. The summed E-state index contributed by atoms with van der Waals surface area (Å²) in [6.45, 7) is 5.46. The van der Waals surface area contributed by atoms with Crippen LogP contribution in [0.25, 0.3) is 0 Å². The van der Waals surface area contributed by atoms with Gasteiger partial charge in [-0.3, -0.25) is 9.63 Å². The fraction of sp³-hybridized carbons (Fsp3) is 0.800. The lowest BCUT2D eigenvalue weighted by Gasteiger charge is -2.39. The van der Waals surface area contributed by atoms with Gasteiger partial charge >= 0.3 is 5.97 Å². The third-order valence-electron chi connectivity index (χ3n) is 3.06. The number of ether oxygens (including phenoxy) is 1. The van der Waals surface area contributed by atoms with Gasteiger partial charge in [0.05, 0.1) is 6.04 Å². The van der Waals surface area contributed by atoms with Crippen LogP contribution in [0.3, 0.4) is 0 Å². The molecule has 5 heteroatoms. The van der Waals surface area contributed by atoms with Gasteiger partial charge in [0, 0.05) is 6.42 Å². The maximum atomic E-state index is 11.7. The highest BCUT2D eigenvalue weighted by molar-refractivity contribution is 5.86. The highest BCUT2D eigenvalue weighted by atomic mass is 16.7. The zero-order chi connectivity index (χ0) is 11.2. The molecule has 2 aliphatic rings. The van der Waals surface area contributed by atoms with Crippen LogP contribution in [0.5, 0.6) is 0 Å². The van der Waals surface area contributed by atoms with Crippen LogP contribution < -0.4 is 0 Å². The molecule has 2 heterocycles. The molecule has 0 bridgehead atoms. The standard InChI is InChI=1S/C10H15NO4/c1-6-5-14-9(13)10(3)4-8(7(2)12)15-11(6)10/h6,8H,4-5H2,1-3H3/t6-,8-,10-/m0/s1. The Kier molecular flexibility index (Phi) is 2.31. The molecular formula is C10H15NO4. The Labute approximate surface area is 88.3 Å². The summed E-state index contributed by atoms with van der Waals surface area (Å²) in [6, 6.07) is -0.00273. The van der Waals surface area contributed by atoms with Crippen molar-refractivity contribution in [2.24, 2.45) is 0 Å². The molecule has 2 rings (SSSR count). The first-order valence-electron chi connectivity index (χ1n) is 5.09. The lowest BCUT2D eigenvalue weighted by molar-refractivity contribution is -0.240. The Morgan fingerprint density at radius 2 is 2.27 bits per heavy atom. The van der Waals surface area contributed by atoms with Gasteiger partial charge in [-0.05, 0) is 20.8 Å². The number of cyclic esters (lactones) is 1. The van der Waals surface area contributed by atoms with Gasteiger partial charge in [0.25, 0.3) is 0 Å². The second kappa shape index (κ2) is 3.28. The fourth-order valence-corrected chi connectivity index (χ4v) is 2.14. The van der Waals surface area contributed by atoms with Gasteiger partial charge < -0.3 is 4.74 Å². The molecule has 0 aliphatic carbocycles. The van der Waals surface area contributed by atoms with Gasteiger partial charge in [-0.25, -0.2) is 4.79 Å². The van der Waals surface area contributed by atoms with Crippen molar-refractivity contribution in [1.82, 2.24) is 5.06 Å². The van der Waals surface area contributed by atoms with Crippen LogP contribution in [0.15, 0.2) is 0 Å². The number of esters is 1. The molecule has 0 N–H and O–H groups in total. The van der Waals surface area contributed by atoms with Gasteiger partial charge in [0.1, 0.15) is 18.2 Å². The highest BCUT2D eigenvalue weighted by Gasteiger charge is 2.55. The number of carbonyl (C=O) groups is 2. The number of hydroxylamine groups is 2. The Balaban J connectivity index is 2.27. The van der Waals surface area contributed by atoms with Crippen LogP contribution in [0.1, 0.15) is 27.2 Å². The van der Waals surface area contributed by atoms with Crippen molar-refractivity contribution in [1.29, 1.82) is 0 Å². The number of carbonyl (C=O) groups excluding carboxylic acids is 2. The molecule has 0 unspecified atom stereocenters. The maximum absolute atomic E-state index is 11.7. The van der Waals surface area contributed by atoms with E-state index in [1.54, 1.807) is 12.0 Å². The first-order valence-corrected chi connectivity index (χ1v) is 5.09. The molecule has 0 saturated carbocycles. The average molecular weight is 213 g/mol. The van der Waals surface area contributed by atoms with Crippen LogP contribution >= 0.6 is 0 Å².